The van der Waals surface area contributed by atoms with E-state index >= 15 is 0 Å². The summed E-state index contributed by atoms with van der Waals surface area (Å²) in [6.07, 6.45) is 4.14. The second-order valence-electron chi connectivity index (χ2n) is 8.30. The lowest BCUT2D eigenvalue weighted by atomic mass is 10.1. The highest BCUT2D eigenvalue weighted by molar-refractivity contribution is 6.04. The Hall–Kier alpha value is -3.94. The highest BCUT2D eigenvalue weighted by Crippen LogP contribution is 2.23. The lowest BCUT2D eigenvalue weighted by Crippen LogP contribution is -2.33. The minimum atomic E-state index is -0.655. The lowest BCUT2D eigenvalue weighted by Gasteiger charge is -2.15. The Labute approximate surface area is 197 Å². The average Bonchev–Trinajstić information content (AvgIpc) is 3.35. The standard InChI is InChI=1S/C26H27N3O5/c1-16-21(14-17-13-19(33-2)11-12-22(17)27-16)26(32)34-15-24(30)29-23-10-6-5-9-20(23)25(31)28-18-7-3-4-8-18/h5-6,9-14,18H,3-4,7-8,15H2,1-2H3,(H,28,31)(H,29,30). The minimum absolute atomic E-state index is 0.163. The number of carbonyl (C=O) groups is 3. The number of anilines is 1. The Morgan fingerprint density at radius 3 is 2.56 bits per heavy atom. The highest BCUT2D eigenvalue weighted by Gasteiger charge is 2.21. The molecule has 0 saturated heterocycles. The van der Waals surface area contributed by atoms with Crippen LogP contribution >= 0.6 is 0 Å². The van der Waals surface area contributed by atoms with Crippen molar-refractivity contribution < 1.29 is 23.9 Å². The fraction of sp³-hybridized carbons (Fsp3) is 0.308. The Kier molecular flexibility index (Phi) is 7.06. The summed E-state index contributed by atoms with van der Waals surface area (Å²) >= 11 is 0. The summed E-state index contributed by atoms with van der Waals surface area (Å²) in [4.78, 5) is 42.3. The summed E-state index contributed by atoms with van der Waals surface area (Å²) in [6.45, 7) is 1.21. The summed E-state index contributed by atoms with van der Waals surface area (Å²) in [6, 6.07) is 14.0. The highest BCUT2D eigenvalue weighted by atomic mass is 16.5. The van der Waals surface area contributed by atoms with Gasteiger partial charge in [-0.25, -0.2) is 4.79 Å². The normalized spacial score (nSPS) is 13.5. The van der Waals surface area contributed by atoms with Crippen molar-refractivity contribution in [1.82, 2.24) is 10.3 Å². The largest absolute Gasteiger partial charge is 0.497 e. The molecule has 0 spiro atoms. The number of esters is 1. The molecule has 2 aromatic carbocycles. The van der Waals surface area contributed by atoms with E-state index in [-0.39, 0.29) is 17.5 Å². The van der Waals surface area contributed by atoms with Crippen molar-refractivity contribution in [3.05, 3.63) is 65.4 Å². The molecule has 0 bridgehead atoms. The molecule has 4 rings (SSSR count). The lowest BCUT2D eigenvalue weighted by molar-refractivity contribution is -0.119. The van der Waals surface area contributed by atoms with Gasteiger partial charge in [-0.2, -0.15) is 0 Å². The van der Waals surface area contributed by atoms with Gasteiger partial charge in [0.25, 0.3) is 11.8 Å². The van der Waals surface area contributed by atoms with E-state index in [9.17, 15) is 14.4 Å². The van der Waals surface area contributed by atoms with Crippen molar-refractivity contribution in [1.29, 1.82) is 0 Å². The number of carbonyl (C=O) groups excluding carboxylic acids is 3. The van der Waals surface area contributed by atoms with Gasteiger partial charge < -0.3 is 20.1 Å². The van der Waals surface area contributed by atoms with Crippen molar-refractivity contribution in [3.8, 4) is 5.75 Å². The van der Waals surface area contributed by atoms with Crippen LogP contribution < -0.4 is 15.4 Å². The third-order valence-corrected chi connectivity index (χ3v) is 5.90. The zero-order chi connectivity index (χ0) is 24.1. The maximum absolute atomic E-state index is 12.7. The zero-order valence-electron chi connectivity index (χ0n) is 19.2. The van der Waals surface area contributed by atoms with Gasteiger partial charge in [-0.3, -0.25) is 14.6 Å². The molecule has 8 heteroatoms. The number of nitrogens with one attached hydrogen (secondary N) is 2. The maximum Gasteiger partial charge on any atom is 0.340 e. The molecule has 3 aromatic rings. The average molecular weight is 462 g/mol. The first-order chi connectivity index (χ1) is 16.4. The molecule has 8 nitrogen and oxygen atoms in total. The van der Waals surface area contributed by atoms with Gasteiger partial charge in [-0.1, -0.05) is 25.0 Å². The second kappa shape index (κ2) is 10.3. The Bertz CT molecular complexity index is 1230. The van der Waals surface area contributed by atoms with Crippen LogP contribution in [0.5, 0.6) is 5.75 Å². The molecule has 1 aliphatic carbocycles. The van der Waals surface area contributed by atoms with Crippen LogP contribution in [0.25, 0.3) is 10.9 Å². The first-order valence-electron chi connectivity index (χ1n) is 11.3. The number of amides is 2. The second-order valence-corrected chi connectivity index (χ2v) is 8.30. The van der Waals surface area contributed by atoms with E-state index in [0.29, 0.717) is 22.7 Å². The van der Waals surface area contributed by atoms with Crippen molar-refractivity contribution in [2.45, 2.75) is 38.6 Å². The molecule has 2 N–H and O–H groups in total. The topological polar surface area (TPSA) is 107 Å². The number of para-hydroxylation sites is 1. The minimum Gasteiger partial charge on any atom is -0.497 e. The van der Waals surface area contributed by atoms with Crippen molar-refractivity contribution in [2.24, 2.45) is 0 Å². The Morgan fingerprint density at radius 1 is 1.03 bits per heavy atom. The molecule has 0 radical (unpaired) electrons. The number of methoxy groups -OCH3 is 1. The van der Waals surface area contributed by atoms with Gasteiger partial charge in [0.05, 0.1) is 35.1 Å². The fourth-order valence-corrected chi connectivity index (χ4v) is 4.10. The molecule has 34 heavy (non-hydrogen) atoms. The molecule has 1 heterocycles. The van der Waals surface area contributed by atoms with E-state index in [1.54, 1.807) is 56.5 Å². The van der Waals surface area contributed by atoms with Crippen LogP contribution in [0, 0.1) is 6.92 Å². The number of nitrogens with zero attached hydrogens (tertiary/aromatic N) is 1. The third-order valence-electron chi connectivity index (χ3n) is 5.90. The van der Waals surface area contributed by atoms with Gasteiger partial charge in [-0.05, 0) is 56.2 Å². The zero-order valence-corrected chi connectivity index (χ0v) is 19.2. The summed E-state index contributed by atoms with van der Waals surface area (Å²) < 4.78 is 10.5. The molecule has 2 amide bonds. The van der Waals surface area contributed by atoms with Crippen LogP contribution in [0.4, 0.5) is 5.69 Å². The Balaban J connectivity index is 1.40. The number of hydrogen-bond donors (Lipinski definition) is 2. The number of aromatic nitrogens is 1. The van der Waals surface area contributed by atoms with Gasteiger partial charge in [0.2, 0.25) is 0 Å². The van der Waals surface area contributed by atoms with E-state index < -0.39 is 18.5 Å². The van der Waals surface area contributed by atoms with Crippen LogP contribution in [0.1, 0.15) is 52.1 Å². The molecule has 1 saturated carbocycles. The summed E-state index contributed by atoms with van der Waals surface area (Å²) in [7, 11) is 1.56. The SMILES string of the molecule is COc1ccc2nc(C)c(C(=O)OCC(=O)Nc3ccccc3C(=O)NC3CCCC3)cc2c1. The predicted molar refractivity (Wildman–Crippen MR) is 128 cm³/mol. The van der Waals surface area contributed by atoms with E-state index in [2.05, 4.69) is 15.6 Å². The predicted octanol–water partition coefficient (Wildman–Crippen LogP) is 4.02. The molecule has 1 aliphatic rings. The van der Waals surface area contributed by atoms with E-state index in [0.717, 1.165) is 36.6 Å². The maximum atomic E-state index is 12.7. The van der Waals surface area contributed by atoms with Crippen LogP contribution in [0.2, 0.25) is 0 Å². The molecule has 0 aliphatic heterocycles. The van der Waals surface area contributed by atoms with Crippen molar-refractivity contribution in [3.63, 3.8) is 0 Å². The molecular weight excluding hydrogens is 434 g/mol. The van der Waals surface area contributed by atoms with Crippen LogP contribution in [0.15, 0.2) is 48.5 Å². The first kappa shape index (κ1) is 23.2. The van der Waals surface area contributed by atoms with E-state index in [1.165, 1.54) is 0 Å². The summed E-state index contributed by atoms with van der Waals surface area (Å²) in [5, 5.41) is 6.42. The number of rotatable bonds is 7. The van der Waals surface area contributed by atoms with Crippen LogP contribution in [-0.2, 0) is 9.53 Å². The first-order valence-corrected chi connectivity index (χ1v) is 11.3. The van der Waals surface area contributed by atoms with Gasteiger partial charge in [-0.15, -0.1) is 0 Å². The summed E-state index contributed by atoms with van der Waals surface area (Å²) in [5.41, 5.74) is 2.23. The molecule has 1 fully saturated rings. The number of hydrogen-bond acceptors (Lipinski definition) is 6. The van der Waals surface area contributed by atoms with Gasteiger partial charge in [0.1, 0.15) is 5.75 Å². The molecule has 176 valence electrons. The van der Waals surface area contributed by atoms with E-state index in [1.807, 2.05) is 6.07 Å². The number of pyridine rings is 1. The molecular formula is C26H27N3O5. The van der Waals surface area contributed by atoms with E-state index in [4.69, 9.17) is 9.47 Å². The van der Waals surface area contributed by atoms with Crippen molar-refractivity contribution >= 4 is 34.4 Å². The fourth-order valence-electron chi connectivity index (χ4n) is 4.10. The van der Waals surface area contributed by atoms with Gasteiger partial charge >= 0.3 is 5.97 Å². The van der Waals surface area contributed by atoms with Crippen LogP contribution in [0.3, 0.4) is 0 Å². The smallest absolute Gasteiger partial charge is 0.340 e. The summed E-state index contributed by atoms with van der Waals surface area (Å²) in [5.74, 6) is -0.778. The Morgan fingerprint density at radius 2 is 1.79 bits per heavy atom. The molecule has 0 unspecified atom stereocenters. The van der Waals surface area contributed by atoms with Gasteiger partial charge in [0, 0.05) is 11.4 Å². The molecule has 0 atom stereocenters. The van der Waals surface area contributed by atoms with Crippen LogP contribution in [-0.4, -0.2) is 42.5 Å². The quantitative estimate of drug-likeness (QED) is 0.515. The number of aryl methyl sites for hydroxylation is 1. The number of benzene rings is 2. The monoisotopic (exact) mass is 461 g/mol. The number of ether oxygens (including phenoxy) is 2. The molecule has 1 aromatic heterocycles. The number of fused-ring (bicyclic) bond motifs is 1. The van der Waals surface area contributed by atoms with Crippen molar-refractivity contribution in [2.75, 3.05) is 19.0 Å². The third kappa shape index (κ3) is 5.33. The van der Waals surface area contributed by atoms with Gasteiger partial charge in [0.15, 0.2) is 6.61 Å².